The molecule has 0 aromatic carbocycles. The number of nitrogens with two attached hydrogens (primary N) is 1. The minimum absolute atomic E-state index is 0.574. The second kappa shape index (κ2) is 1.62. The van der Waals surface area contributed by atoms with Gasteiger partial charge in [-0.15, -0.1) is 0 Å². The van der Waals surface area contributed by atoms with Crippen molar-refractivity contribution in [2.75, 3.05) is 0 Å². The van der Waals surface area contributed by atoms with Crippen LogP contribution in [0.15, 0.2) is 5.10 Å². The highest BCUT2D eigenvalue weighted by molar-refractivity contribution is 5.82. The number of hydrogen-bond donors (Lipinski definition) is 2. The topological polar surface area (TPSA) is 50.4 Å². The Bertz CT molecular complexity index is 148. The maximum atomic E-state index is 5.48. The third kappa shape index (κ3) is 0.866. The summed E-state index contributed by atoms with van der Waals surface area (Å²) in [4.78, 5) is 0. The van der Waals surface area contributed by atoms with Gasteiger partial charge in [0.25, 0.3) is 0 Å². The van der Waals surface area contributed by atoms with E-state index in [9.17, 15) is 0 Å². The van der Waals surface area contributed by atoms with E-state index in [-0.39, 0.29) is 0 Å². The van der Waals surface area contributed by atoms with E-state index < -0.39 is 0 Å². The largest absolute Gasteiger partial charge is 0.386 e. The lowest BCUT2D eigenvalue weighted by Crippen LogP contribution is -2.22. The van der Waals surface area contributed by atoms with Crippen LogP contribution in [0.1, 0.15) is 19.3 Å². The van der Waals surface area contributed by atoms with Gasteiger partial charge in [-0.1, -0.05) is 0 Å². The molecule has 9 heavy (non-hydrogen) atoms. The van der Waals surface area contributed by atoms with Gasteiger partial charge in [-0.25, -0.2) is 0 Å². The van der Waals surface area contributed by atoms with E-state index in [4.69, 9.17) is 5.73 Å². The molecule has 1 aliphatic heterocycles. The first-order valence-electron chi connectivity index (χ1n) is 3.44. The van der Waals surface area contributed by atoms with Crippen molar-refractivity contribution in [3.05, 3.63) is 0 Å². The number of hydrogen-bond acceptors (Lipinski definition) is 3. The maximum Gasteiger partial charge on any atom is 0.121 e. The third-order valence-electron chi connectivity index (χ3n) is 1.99. The molecule has 3 N–H and O–H groups in total. The van der Waals surface area contributed by atoms with Crippen molar-refractivity contribution in [2.24, 2.45) is 16.8 Å². The van der Waals surface area contributed by atoms with Crippen LogP contribution in [0.25, 0.3) is 0 Å². The van der Waals surface area contributed by atoms with E-state index in [1.807, 2.05) is 0 Å². The summed E-state index contributed by atoms with van der Waals surface area (Å²) in [5, 5.41) is 3.92. The van der Waals surface area contributed by atoms with Gasteiger partial charge in [0.05, 0.1) is 6.04 Å². The van der Waals surface area contributed by atoms with E-state index >= 15 is 0 Å². The fraction of sp³-hybridized carbons (Fsp3) is 0.833. The second-order valence-electron chi connectivity index (χ2n) is 2.88. The van der Waals surface area contributed by atoms with Crippen LogP contribution in [0.3, 0.4) is 0 Å². The Hall–Kier alpha value is -0.730. The Morgan fingerprint density at radius 1 is 1.56 bits per heavy atom. The Labute approximate surface area is 54.3 Å². The van der Waals surface area contributed by atoms with Crippen molar-refractivity contribution in [1.29, 1.82) is 0 Å². The van der Waals surface area contributed by atoms with Gasteiger partial charge < -0.3 is 11.2 Å². The van der Waals surface area contributed by atoms with Gasteiger partial charge in [-0.05, 0) is 18.8 Å². The quantitative estimate of drug-likeness (QED) is 0.519. The minimum atomic E-state index is 0.574. The van der Waals surface area contributed by atoms with Gasteiger partial charge in [0.1, 0.15) is 5.84 Å². The smallest absolute Gasteiger partial charge is 0.121 e. The molecule has 1 atom stereocenters. The molecule has 0 amide bonds. The fourth-order valence-corrected chi connectivity index (χ4v) is 1.25. The van der Waals surface area contributed by atoms with Crippen LogP contribution in [-0.2, 0) is 0 Å². The molecular formula is C6H11N3. The van der Waals surface area contributed by atoms with Crippen LogP contribution in [0.5, 0.6) is 0 Å². The molecule has 1 heterocycles. The van der Waals surface area contributed by atoms with E-state index in [2.05, 4.69) is 10.5 Å². The van der Waals surface area contributed by atoms with Gasteiger partial charge in [-0.2, -0.15) is 5.10 Å². The van der Waals surface area contributed by atoms with Crippen molar-refractivity contribution < 1.29 is 0 Å². The third-order valence-corrected chi connectivity index (χ3v) is 1.99. The normalized spacial score (nSPS) is 33.8. The van der Waals surface area contributed by atoms with Crippen LogP contribution in [0.4, 0.5) is 0 Å². The van der Waals surface area contributed by atoms with Crippen molar-refractivity contribution in [3.63, 3.8) is 0 Å². The molecule has 2 rings (SSSR count). The second-order valence-corrected chi connectivity index (χ2v) is 2.88. The Kier molecular flexibility index (Phi) is 0.917. The summed E-state index contributed by atoms with van der Waals surface area (Å²) in [6.07, 6.45) is 3.69. The molecule has 50 valence electrons. The Morgan fingerprint density at radius 3 is 2.78 bits per heavy atom. The summed E-state index contributed by atoms with van der Waals surface area (Å²) in [7, 11) is 0. The van der Waals surface area contributed by atoms with Gasteiger partial charge in [0.15, 0.2) is 0 Å². The molecule has 0 aromatic rings. The molecule has 0 radical (unpaired) electrons. The molecular weight excluding hydrogens is 114 g/mol. The lowest BCUT2D eigenvalue weighted by atomic mass is 10.1. The van der Waals surface area contributed by atoms with E-state index in [0.717, 1.165) is 18.2 Å². The van der Waals surface area contributed by atoms with Gasteiger partial charge in [0, 0.05) is 6.42 Å². The first-order valence-corrected chi connectivity index (χ1v) is 3.44. The maximum absolute atomic E-state index is 5.48. The first-order chi connectivity index (χ1) is 4.36. The highest BCUT2D eigenvalue weighted by Gasteiger charge is 2.33. The number of hydrazone groups is 1. The number of nitrogens with one attached hydrogen (secondary N) is 1. The fourth-order valence-electron chi connectivity index (χ4n) is 1.25. The highest BCUT2D eigenvalue weighted by Crippen LogP contribution is 2.34. The minimum Gasteiger partial charge on any atom is -0.386 e. The molecule has 3 heteroatoms. The number of nitrogens with zero attached hydrogens (tertiary/aromatic N) is 1. The molecule has 1 fully saturated rings. The zero-order valence-corrected chi connectivity index (χ0v) is 5.30. The number of rotatable bonds is 1. The molecule has 3 nitrogen and oxygen atoms in total. The zero-order valence-electron chi connectivity index (χ0n) is 5.30. The average Bonchev–Trinajstić information content (AvgIpc) is 2.58. The molecule has 2 aliphatic rings. The summed E-state index contributed by atoms with van der Waals surface area (Å²) >= 11 is 0. The van der Waals surface area contributed by atoms with Crippen LogP contribution in [-0.4, -0.2) is 11.9 Å². The summed E-state index contributed by atoms with van der Waals surface area (Å²) < 4.78 is 0. The van der Waals surface area contributed by atoms with E-state index in [1.165, 1.54) is 12.8 Å². The summed E-state index contributed by atoms with van der Waals surface area (Å²) in [6, 6.07) is 0.574. The summed E-state index contributed by atoms with van der Waals surface area (Å²) in [6.45, 7) is 0. The van der Waals surface area contributed by atoms with E-state index in [1.54, 1.807) is 0 Å². The molecule has 1 saturated carbocycles. The monoisotopic (exact) mass is 125 g/mol. The van der Waals surface area contributed by atoms with Crippen molar-refractivity contribution in [2.45, 2.75) is 25.3 Å². The molecule has 1 aliphatic carbocycles. The van der Waals surface area contributed by atoms with Crippen molar-refractivity contribution in [1.82, 2.24) is 5.43 Å². The molecule has 0 bridgehead atoms. The summed E-state index contributed by atoms with van der Waals surface area (Å²) in [5.74, 6) is 1.64. The van der Waals surface area contributed by atoms with Gasteiger partial charge in [-0.3, -0.25) is 0 Å². The van der Waals surface area contributed by atoms with Crippen LogP contribution in [0, 0.1) is 5.92 Å². The zero-order chi connectivity index (χ0) is 6.27. The SMILES string of the molecule is NC1=NNC(C2CC2)C1. The Morgan fingerprint density at radius 2 is 2.33 bits per heavy atom. The van der Waals surface area contributed by atoms with Gasteiger partial charge in [0.2, 0.25) is 0 Å². The van der Waals surface area contributed by atoms with Crippen molar-refractivity contribution in [3.8, 4) is 0 Å². The van der Waals surface area contributed by atoms with E-state index in [0.29, 0.717) is 6.04 Å². The highest BCUT2D eigenvalue weighted by atomic mass is 15.4. The van der Waals surface area contributed by atoms with Gasteiger partial charge >= 0.3 is 0 Å². The molecule has 0 spiro atoms. The number of amidine groups is 1. The standard InChI is InChI=1S/C6H11N3/c7-6-3-5(8-9-6)4-1-2-4/h4-5,8H,1-3H2,(H2,7,9). The predicted octanol–water partition coefficient (Wildman–Crippen LogP) is 0.0305. The lowest BCUT2D eigenvalue weighted by Gasteiger charge is -2.04. The average molecular weight is 125 g/mol. The summed E-state index contributed by atoms with van der Waals surface area (Å²) in [5.41, 5.74) is 8.51. The molecule has 1 unspecified atom stereocenters. The van der Waals surface area contributed by atoms with Crippen LogP contribution < -0.4 is 11.2 Å². The molecule has 0 aromatic heterocycles. The van der Waals surface area contributed by atoms with Crippen LogP contribution >= 0.6 is 0 Å². The lowest BCUT2D eigenvalue weighted by molar-refractivity contribution is 0.523. The van der Waals surface area contributed by atoms with Crippen molar-refractivity contribution >= 4 is 5.84 Å². The Balaban J connectivity index is 1.91. The predicted molar refractivity (Wildman–Crippen MR) is 35.9 cm³/mol. The first kappa shape index (κ1) is 5.09. The molecule has 0 saturated heterocycles. The van der Waals surface area contributed by atoms with Crippen LogP contribution in [0.2, 0.25) is 0 Å².